The zero-order chi connectivity index (χ0) is 16.6. The lowest BCUT2D eigenvalue weighted by Gasteiger charge is -2.36. The van der Waals surface area contributed by atoms with E-state index in [1.54, 1.807) is 0 Å². The van der Waals surface area contributed by atoms with Gasteiger partial charge in [0.1, 0.15) is 0 Å². The van der Waals surface area contributed by atoms with Gasteiger partial charge in [0.2, 0.25) is 0 Å². The summed E-state index contributed by atoms with van der Waals surface area (Å²) in [4.78, 5) is 9.34. The number of hydrogen-bond donors (Lipinski definition) is 0. The monoisotopic (exact) mass is 384 g/mol. The second-order valence-corrected chi connectivity index (χ2v) is 7.69. The Kier molecular flexibility index (Phi) is 2.98. The van der Waals surface area contributed by atoms with Crippen molar-refractivity contribution in [1.29, 1.82) is 0 Å². The summed E-state index contributed by atoms with van der Waals surface area (Å²) in [7, 11) is 0. The maximum atomic E-state index is 12.9. The Labute approximate surface area is 140 Å². The number of benzene rings is 1. The van der Waals surface area contributed by atoms with Crippen LogP contribution in [0.15, 0.2) is 18.2 Å². The van der Waals surface area contributed by atoms with Crippen molar-refractivity contribution < 1.29 is 13.2 Å². The maximum Gasteiger partial charge on any atom is 0.416 e. The highest BCUT2D eigenvalue weighted by Crippen LogP contribution is 2.67. The van der Waals surface area contributed by atoms with Crippen molar-refractivity contribution in [3.63, 3.8) is 0 Å². The van der Waals surface area contributed by atoms with Crippen LogP contribution in [0.2, 0.25) is 0 Å². The molecule has 0 N–H and O–H groups in total. The topological polar surface area (TPSA) is 25.8 Å². The summed E-state index contributed by atoms with van der Waals surface area (Å²) < 4.78 is 38.8. The molecule has 0 saturated heterocycles. The number of halogens is 4. The predicted octanol–water partition coefficient (Wildman–Crippen LogP) is 5.20. The second kappa shape index (κ2) is 4.47. The average Bonchev–Trinajstić information content (AvgIpc) is 2.86. The molecule has 23 heavy (non-hydrogen) atoms. The van der Waals surface area contributed by atoms with Crippen LogP contribution in [-0.4, -0.2) is 15.3 Å². The Morgan fingerprint density at radius 1 is 1.22 bits per heavy atom. The SMILES string of the molecule is CC12CCC(c3nc4cc(C(F)(F)F)ccc4nc31)C2(C)CBr. The molecule has 1 aromatic heterocycles. The summed E-state index contributed by atoms with van der Waals surface area (Å²) in [6.07, 6.45) is -2.29. The molecule has 1 heterocycles. The molecule has 1 aromatic carbocycles. The summed E-state index contributed by atoms with van der Waals surface area (Å²) in [5, 5.41) is 0.837. The second-order valence-electron chi connectivity index (χ2n) is 7.13. The molecule has 2 bridgehead atoms. The first-order chi connectivity index (χ1) is 10.7. The largest absolute Gasteiger partial charge is 0.416 e. The Balaban J connectivity index is 1.95. The van der Waals surface area contributed by atoms with Crippen LogP contribution < -0.4 is 0 Å². The van der Waals surface area contributed by atoms with Crippen molar-refractivity contribution in [2.45, 2.75) is 44.2 Å². The lowest BCUT2D eigenvalue weighted by molar-refractivity contribution is -0.137. The molecule has 3 atom stereocenters. The van der Waals surface area contributed by atoms with Crippen molar-refractivity contribution in [3.8, 4) is 0 Å². The molecule has 122 valence electrons. The van der Waals surface area contributed by atoms with E-state index in [1.807, 2.05) is 0 Å². The normalized spacial score (nSPS) is 32.5. The van der Waals surface area contributed by atoms with E-state index in [-0.39, 0.29) is 16.7 Å². The van der Waals surface area contributed by atoms with Crippen LogP contribution in [0.25, 0.3) is 11.0 Å². The number of rotatable bonds is 1. The first-order valence-corrected chi connectivity index (χ1v) is 8.78. The van der Waals surface area contributed by atoms with E-state index in [0.717, 1.165) is 41.7 Å². The summed E-state index contributed by atoms with van der Waals surface area (Å²) >= 11 is 3.64. The highest BCUT2D eigenvalue weighted by molar-refractivity contribution is 9.09. The molecule has 0 aliphatic heterocycles. The van der Waals surface area contributed by atoms with Gasteiger partial charge in [-0.3, -0.25) is 0 Å². The Bertz CT molecular complexity index is 819. The minimum atomic E-state index is -4.36. The molecule has 2 aliphatic rings. The van der Waals surface area contributed by atoms with Crippen molar-refractivity contribution in [2.75, 3.05) is 5.33 Å². The van der Waals surface area contributed by atoms with Crippen molar-refractivity contribution in [2.24, 2.45) is 5.41 Å². The lowest BCUT2D eigenvalue weighted by atomic mass is 9.70. The zero-order valence-electron chi connectivity index (χ0n) is 12.8. The van der Waals surface area contributed by atoms with Crippen LogP contribution in [0.5, 0.6) is 0 Å². The molecule has 2 aliphatic carbocycles. The van der Waals surface area contributed by atoms with Gasteiger partial charge in [0.15, 0.2) is 0 Å². The number of nitrogens with zero attached hydrogens (tertiary/aromatic N) is 2. The molecule has 3 unspecified atom stereocenters. The van der Waals surface area contributed by atoms with E-state index < -0.39 is 11.7 Å². The van der Waals surface area contributed by atoms with Crippen LogP contribution in [0.4, 0.5) is 13.2 Å². The van der Waals surface area contributed by atoms with Crippen LogP contribution in [0, 0.1) is 5.41 Å². The molecule has 2 nitrogen and oxygen atoms in total. The van der Waals surface area contributed by atoms with Gasteiger partial charge in [-0.15, -0.1) is 0 Å². The van der Waals surface area contributed by atoms with Crippen molar-refractivity contribution in [1.82, 2.24) is 9.97 Å². The maximum absolute atomic E-state index is 12.9. The summed E-state index contributed by atoms with van der Waals surface area (Å²) in [6.45, 7) is 4.44. The highest BCUT2D eigenvalue weighted by atomic mass is 79.9. The van der Waals surface area contributed by atoms with Gasteiger partial charge < -0.3 is 0 Å². The van der Waals surface area contributed by atoms with E-state index in [0.29, 0.717) is 11.0 Å². The van der Waals surface area contributed by atoms with E-state index in [2.05, 4.69) is 34.8 Å². The van der Waals surface area contributed by atoms with Gasteiger partial charge in [-0.2, -0.15) is 13.2 Å². The van der Waals surface area contributed by atoms with Crippen LogP contribution in [0.3, 0.4) is 0 Å². The predicted molar refractivity (Wildman–Crippen MR) is 85.8 cm³/mol. The van der Waals surface area contributed by atoms with Gasteiger partial charge in [-0.05, 0) is 36.5 Å². The van der Waals surface area contributed by atoms with Gasteiger partial charge in [-0.1, -0.05) is 29.8 Å². The molecule has 0 radical (unpaired) electrons. The van der Waals surface area contributed by atoms with Gasteiger partial charge in [-0.25, -0.2) is 9.97 Å². The highest BCUT2D eigenvalue weighted by Gasteiger charge is 2.63. The van der Waals surface area contributed by atoms with Crippen LogP contribution in [-0.2, 0) is 11.6 Å². The molecule has 1 fully saturated rings. The lowest BCUT2D eigenvalue weighted by Crippen LogP contribution is -2.36. The molecular formula is C17H16BrF3N2. The minimum absolute atomic E-state index is 0.0135. The third kappa shape index (κ3) is 1.81. The number of hydrogen-bond acceptors (Lipinski definition) is 2. The first-order valence-electron chi connectivity index (χ1n) is 7.66. The average molecular weight is 385 g/mol. The minimum Gasteiger partial charge on any atom is -0.249 e. The summed E-state index contributed by atoms with van der Waals surface area (Å²) in [5.74, 6) is 0.258. The standard InChI is InChI=1S/C17H16BrF3N2/c1-15-6-5-10(16(15,2)8-18)13-14(15)23-11-4-3-9(17(19,20)21)7-12(11)22-13/h3-4,7,10H,5-6,8H2,1-2H3. The first kappa shape index (κ1) is 15.4. The van der Waals surface area contributed by atoms with E-state index in [4.69, 9.17) is 4.98 Å². The van der Waals surface area contributed by atoms with E-state index in [1.165, 1.54) is 6.07 Å². The Morgan fingerprint density at radius 2 is 1.96 bits per heavy atom. The molecule has 4 rings (SSSR count). The number of aromatic nitrogens is 2. The fourth-order valence-corrected chi connectivity index (χ4v) is 5.39. The number of fused-ring (bicyclic) bond motifs is 6. The van der Waals surface area contributed by atoms with Gasteiger partial charge in [0.25, 0.3) is 0 Å². The van der Waals surface area contributed by atoms with Gasteiger partial charge in [0, 0.05) is 16.7 Å². The van der Waals surface area contributed by atoms with Crippen LogP contribution >= 0.6 is 15.9 Å². The van der Waals surface area contributed by atoms with Gasteiger partial charge in [0.05, 0.1) is 28.0 Å². The zero-order valence-corrected chi connectivity index (χ0v) is 14.4. The molecular weight excluding hydrogens is 369 g/mol. The third-order valence-corrected chi connectivity index (χ3v) is 7.28. The molecule has 1 saturated carbocycles. The number of alkyl halides is 4. The fraction of sp³-hybridized carbons (Fsp3) is 0.529. The molecule has 6 heteroatoms. The third-order valence-electron chi connectivity index (χ3n) is 6.11. The fourth-order valence-electron chi connectivity index (χ4n) is 4.38. The Morgan fingerprint density at radius 3 is 2.61 bits per heavy atom. The van der Waals surface area contributed by atoms with Crippen molar-refractivity contribution >= 4 is 27.0 Å². The Hall–Kier alpha value is -1.17. The quantitative estimate of drug-likeness (QED) is 0.631. The molecule has 0 spiro atoms. The van der Waals surface area contributed by atoms with Gasteiger partial charge >= 0.3 is 6.18 Å². The van der Waals surface area contributed by atoms with E-state index >= 15 is 0 Å². The summed E-state index contributed by atoms with van der Waals surface area (Å²) in [5.41, 5.74) is 2.03. The molecule has 0 amide bonds. The summed E-state index contributed by atoms with van der Waals surface area (Å²) in [6, 6.07) is 3.64. The van der Waals surface area contributed by atoms with Crippen LogP contribution in [0.1, 0.15) is 49.6 Å². The van der Waals surface area contributed by atoms with Crippen molar-refractivity contribution in [3.05, 3.63) is 35.2 Å². The molecule has 2 aromatic rings. The smallest absolute Gasteiger partial charge is 0.249 e. The van der Waals surface area contributed by atoms with E-state index in [9.17, 15) is 13.2 Å².